The summed E-state index contributed by atoms with van der Waals surface area (Å²) in [5, 5.41) is 15.2. The lowest BCUT2D eigenvalue weighted by molar-refractivity contribution is 0.126. The van der Waals surface area contributed by atoms with Gasteiger partial charge in [-0.2, -0.15) is 5.26 Å². The van der Waals surface area contributed by atoms with Crippen molar-refractivity contribution in [3.8, 4) is 6.07 Å². The van der Waals surface area contributed by atoms with E-state index >= 15 is 0 Å². The average Bonchev–Trinajstić information content (AvgIpc) is 2.74. The van der Waals surface area contributed by atoms with E-state index in [2.05, 4.69) is 38.6 Å². The third-order valence-electron chi connectivity index (χ3n) is 4.99. The zero-order valence-corrected chi connectivity index (χ0v) is 17.2. The second-order valence-electron chi connectivity index (χ2n) is 7.17. The molecule has 1 aliphatic rings. The standard InChI is InChI=1S/C22H26ClN5O/c23-20-6-2-19(3-7-20)17-28-14-12-27(13-15-28)11-1-10-25-22(29)26-21-8-4-18(16-24)5-9-21/h2-9H,1,10-15,17H2,(H2,25,26,29). The summed E-state index contributed by atoms with van der Waals surface area (Å²) >= 11 is 5.94. The summed E-state index contributed by atoms with van der Waals surface area (Å²) in [6, 6.07) is 16.7. The fraction of sp³-hybridized carbons (Fsp3) is 0.364. The molecule has 1 fully saturated rings. The SMILES string of the molecule is N#Cc1ccc(NC(=O)NCCCN2CCN(Cc3ccc(Cl)cc3)CC2)cc1. The Kier molecular flexibility index (Phi) is 7.88. The highest BCUT2D eigenvalue weighted by atomic mass is 35.5. The number of nitriles is 1. The van der Waals surface area contributed by atoms with Gasteiger partial charge in [0.25, 0.3) is 0 Å². The third kappa shape index (κ3) is 7.06. The molecule has 0 radical (unpaired) electrons. The summed E-state index contributed by atoms with van der Waals surface area (Å²) in [6.07, 6.45) is 0.915. The lowest BCUT2D eigenvalue weighted by Gasteiger charge is -2.34. The molecular formula is C22H26ClN5O. The number of piperazine rings is 1. The Balaban J connectivity index is 1.28. The van der Waals surface area contributed by atoms with Crippen LogP contribution in [0.3, 0.4) is 0 Å². The van der Waals surface area contributed by atoms with Crippen LogP contribution in [0.1, 0.15) is 17.5 Å². The minimum absolute atomic E-state index is 0.220. The van der Waals surface area contributed by atoms with Gasteiger partial charge in [0.15, 0.2) is 0 Å². The summed E-state index contributed by atoms with van der Waals surface area (Å²) in [6.45, 7) is 6.77. The molecule has 2 aromatic rings. The normalized spacial score (nSPS) is 14.9. The van der Waals surface area contributed by atoms with E-state index in [0.717, 1.165) is 50.7 Å². The molecule has 2 N–H and O–H groups in total. The highest BCUT2D eigenvalue weighted by molar-refractivity contribution is 6.30. The Morgan fingerprint density at radius 1 is 1.00 bits per heavy atom. The number of halogens is 1. The van der Waals surface area contributed by atoms with E-state index < -0.39 is 0 Å². The number of anilines is 1. The van der Waals surface area contributed by atoms with Crippen LogP contribution in [0.2, 0.25) is 5.02 Å². The second kappa shape index (κ2) is 10.8. The highest BCUT2D eigenvalue weighted by Crippen LogP contribution is 2.13. The van der Waals surface area contributed by atoms with Crippen LogP contribution >= 0.6 is 11.6 Å². The average molecular weight is 412 g/mol. The van der Waals surface area contributed by atoms with Crippen LogP contribution in [0, 0.1) is 11.3 Å². The first-order valence-electron chi connectivity index (χ1n) is 9.86. The first-order valence-corrected chi connectivity index (χ1v) is 10.2. The van der Waals surface area contributed by atoms with Gasteiger partial charge in [0.1, 0.15) is 0 Å². The maximum absolute atomic E-state index is 11.9. The molecule has 0 aromatic heterocycles. The fourth-order valence-corrected chi connectivity index (χ4v) is 3.45. The zero-order valence-electron chi connectivity index (χ0n) is 16.4. The van der Waals surface area contributed by atoms with E-state index in [1.165, 1.54) is 5.56 Å². The molecule has 29 heavy (non-hydrogen) atoms. The van der Waals surface area contributed by atoms with E-state index in [4.69, 9.17) is 16.9 Å². The first-order chi connectivity index (χ1) is 14.1. The van der Waals surface area contributed by atoms with Crippen LogP contribution in [0.4, 0.5) is 10.5 Å². The molecular weight excluding hydrogens is 386 g/mol. The third-order valence-corrected chi connectivity index (χ3v) is 5.24. The molecule has 0 unspecified atom stereocenters. The topological polar surface area (TPSA) is 71.4 Å². The zero-order chi connectivity index (χ0) is 20.5. The molecule has 1 saturated heterocycles. The van der Waals surface area contributed by atoms with E-state index in [9.17, 15) is 4.79 Å². The molecule has 6 nitrogen and oxygen atoms in total. The Morgan fingerprint density at radius 2 is 1.66 bits per heavy atom. The van der Waals surface area contributed by atoms with Gasteiger partial charge in [-0.15, -0.1) is 0 Å². The molecule has 1 aliphatic heterocycles. The van der Waals surface area contributed by atoms with Gasteiger partial charge >= 0.3 is 6.03 Å². The van der Waals surface area contributed by atoms with Gasteiger partial charge in [-0.05, 0) is 54.9 Å². The molecule has 0 bridgehead atoms. The molecule has 0 atom stereocenters. The molecule has 3 rings (SSSR count). The van der Waals surface area contributed by atoms with Crippen molar-refractivity contribution in [2.24, 2.45) is 0 Å². The van der Waals surface area contributed by atoms with Crippen molar-refractivity contribution >= 4 is 23.3 Å². The van der Waals surface area contributed by atoms with Crippen molar-refractivity contribution in [3.63, 3.8) is 0 Å². The quantitative estimate of drug-likeness (QED) is 0.683. The number of urea groups is 1. The van der Waals surface area contributed by atoms with Gasteiger partial charge in [0, 0.05) is 50.0 Å². The lowest BCUT2D eigenvalue weighted by Crippen LogP contribution is -2.46. The summed E-state index contributed by atoms with van der Waals surface area (Å²) in [7, 11) is 0. The second-order valence-corrected chi connectivity index (χ2v) is 7.60. The van der Waals surface area contributed by atoms with Crippen molar-refractivity contribution in [3.05, 3.63) is 64.7 Å². The van der Waals surface area contributed by atoms with E-state index in [0.29, 0.717) is 17.8 Å². The molecule has 7 heteroatoms. The maximum Gasteiger partial charge on any atom is 0.319 e. The molecule has 0 saturated carbocycles. The number of hydrogen-bond acceptors (Lipinski definition) is 4. The first kappa shape index (κ1) is 21.1. The number of hydrogen-bond donors (Lipinski definition) is 2. The minimum Gasteiger partial charge on any atom is -0.338 e. The summed E-state index contributed by atoms with van der Waals surface area (Å²) in [5.41, 5.74) is 2.54. The van der Waals surface area contributed by atoms with Gasteiger partial charge in [-0.1, -0.05) is 23.7 Å². The Morgan fingerprint density at radius 3 is 2.31 bits per heavy atom. The monoisotopic (exact) mass is 411 g/mol. The largest absolute Gasteiger partial charge is 0.338 e. The van der Waals surface area contributed by atoms with Crippen LogP contribution in [0.15, 0.2) is 48.5 Å². The smallest absolute Gasteiger partial charge is 0.319 e. The van der Waals surface area contributed by atoms with E-state index in [1.807, 2.05) is 12.1 Å². The van der Waals surface area contributed by atoms with Gasteiger partial charge in [0.2, 0.25) is 0 Å². The lowest BCUT2D eigenvalue weighted by atomic mass is 10.2. The van der Waals surface area contributed by atoms with Crippen molar-refractivity contribution in [1.29, 1.82) is 5.26 Å². The number of carbonyl (C=O) groups is 1. The van der Waals surface area contributed by atoms with Gasteiger partial charge in [-0.25, -0.2) is 4.79 Å². The molecule has 2 aromatic carbocycles. The molecule has 0 aliphatic carbocycles. The summed E-state index contributed by atoms with van der Waals surface area (Å²) in [5.74, 6) is 0. The summed E-state index contributed by atoms with van der Waals surface area (Å²) in [4.78, 5) is 16.8. The Bertz CT molecular complexity index is 824. The van der Waals surface area contributed by atoms with Crippen LogP contribution in [0.5, 0.6) is 0 Å². The number of carbonyl (C=O) groups excluding carboxylic acids is 1. The number of benzene rings is 2. The minimum atomic E-state index is -0.220. The number of amides is 2. The number of nitrogens with one attached hydrogen (secondary N) is 2. The van der Waals surface area contributed by atoms with Crippen molar-refractivity contribution in [2.75, 3.05) is 44.6 Å². The van der Waals surface area contributed by atoms with Gasteiger partial charge in [0.05, 0.1) is 11.6 Å². The van der Waals surface area contributed by atoms with Crippen LogP contribution in [-0.4, -0.2) is 55.1 Å². The van der Waals surface area contributed by atoms with Crippen LogP contribution < -0.4 is 10.6 Å². The molecule has 1 heterocycles. The van der Waals surface area contributed by atoms with Crippen LogP contribution in [0.25, 0.3) is 0 Å². The number of nitrogens with zero attached hydrogens (tertiary/aromatic N) is 3. The van der Waals surface area contributed by atoms with E-state index in [-0.39, 0.29) is 6.03 Å². The Labute approximate surface area is 177 Å². The van der Waals surface area contributed by atoms with Crippen molar-refractivity contribution in [2.45, 2.75) is 13.0 Å². The van der Waals surface area contributed by atoms with Crippen molar-refractivity contribution in [1.82, 2.24) is 15.1 Å². The fourth-order valence-electron chi connectivity index (χ4n) is 3.33. The highest BCUT2D eigenvalue weighted by Gasteiger charge is 2.16. The molecule has 2 amide bonds. The van der Waals surface area contributed by atoms with Gasteiger partial charge < -0.3 is 15.5 Å². The summed E-state index contributed by atoms with van der Waals surface area (Å²) < 4.78 is 0. The maximum atomic E-state index is 11.9. The molecule has 152 valence electrons. The van der Waals surface area contributed by atoms with E-state index in [1.54, 1.807) is 24.3 Å². The van der Waals surface area contributed by atoms with Crippen LogP contribution in [-0.2, 0) is 6.54 Å². The molecule has 0 spiro atoms. The predicted octanol–water partition coefficient (Wildman–Crippen LogP) is 3.54. The van der Waals surface area contributed by atoms with Gasteiger partial charge in [-0.3, -0.25) is 4.90 Å². The Hall–Kier alpha value is -2.59. The number of rotatable bonds is 7. The van der Waals surface area contributed by atoms with Crippen molar-refractivity contribution < 1.29 is 4.79 Å². The predicted molar refractivity (Wildman–Crippen MR) is 116 cm³/mol.